The van der Waals surface area contributed by atoms with Crippen molar-refractivity contribution in [3.63, 3.8) is 0 Å². The molecule has 2 heterocycles. The summed E-state index contributed by atoms with van der Waals surface area (Å²) in [4.78, 5) is 19.3. The minimum Gasteiger partial charge on any atom is -0.378 e. The lowest BCUT2D eigenvalue weighted by Crippen LogP contribution is -2.38. The highest BCUT2D eigenvalue weighted by Gasteiger charge is 2.21. The van der Waals surface area contributed by atoms with Crippen molar-refractivity contribution in [1.82, 2.24) is 10.3 Å². The molecule has 1 atom stereocenters. The molecule has 3 rings (SSSR count). The number of carbonyl (C=O) groups is 1. The summed E-state index contributed by atoms with van der Waals surface area (Å²) in [6.07, 6.45) is 1.73. The Kier molecular flexibility index (Phi) is 5.11. The van der Waals surface area contributed by atoms with Crippen LogP contribution < -0.4 is 10.2 Å². The monoisotopic (exact) mass is 325 g/mol. The summed E-state index contributed by atoms with van der Waals surface area (Å²) in [7, 11) is 0. The number of morpholine rings is 1. The Morgan fingerprint density at radius 3 is 2.71 bits per heavy atom. The summed E-state index contributed by atoms with van der Waals surface area (Å²) in [6.45, 7) is 6.90. The number of hydrogen-bond donors (Lipinski definition) is 1. The third-order valence-corrected chi connectivity index (χ3v) is 4.34. The molecule has 0 bridgehead atoms. The smallest absolute Gasteiger partial charge is 0.255 e. The Morgan fingerprint density at radius 2 is 1.96 bits per heavy atom. The number of ether oxygens (including phenoxy) is 1. The molecular weight excluding hydrogens is 302 g/mol. The maximum absolute atomic E-state index is 12.8. The van der Waals surface area contributed by atoms with Gasteiger partial charge in [0.25, 0.3) is 5.91 Å². The summed E-state index contributed by atoms with van der Waals surface area (Å²) < 4.78 is 5.39. The van der Waals surface area contributed by atoms with E-state index in [2.05, 4.69) is 28.2 Å². The van der Waals surface area contributed by atoms with Crippen LogP contribution in [-0.2, 0) is 4.74 Å². The van der Waals surface area contributed by atoms with Crippen LogP contribution in [0.15, 0.2) is 42.6 Å². The molecule has 0 aliphatic carbocycles. The van der Waals surface area contributed by atoms with E-state index in [1.165, 1.54) is 5.56 Å². The first kappa shape index (κ1) is 16.5. The highest BCUT2D eigenvalue weighted by Crippen LogP contribution is 2.21. The highest BCUT2D eigenvalue weighted by atomic mass is 16.5. The van der Waals surface area contributed by atoms with E-state index in [-0.39, 0.29) is 11.9 Å². The summed E-state index contributed by atoms with van der Waals surface area (Å²) in [6, 6.07) is 11.7. The van der Waals surface area contributed by atoms with Crippen LogP contribution >= 0.6 is 0 Å². The van der Waals surface area contributed by atoms with Crippen molar-refractivity contribution in [2.24, 2.45) is 0 Å². The summed E-state index contributed by atoms with van der Waals surface area (Å²) in [5.74, 6) is 0.635. The Bertz CT molecular complexity index is 711. The Hall–Kier alpha value is -2.40. The zero-order chi connectivity index (χ0) is 16.9. The van der Waals surface area contributed by atoms with Crippen molar-refractivity contribution >= 4 is 11.7 Å². The molecule has 2 aromatic rings. The summed E-state index contributed by atoms with van der Waals surface area (Å²) >= 11 is 0. The number of amides is 1. The van der Waals surface area contributed by atoms with Crippen molar-refractivity contribution in [3.8, 4) is 0 Å². The Morgan fingerprint density at radius 1 is 1.21 bits per heavy atom. The van der Waals surface area contributed by atoms with Gasteiger partial charge in [-0.15, -0.1) is 0 Å². The molecule has 5 nitrogen and oxygen atoms in total. The van der Waals surface area contributed by atoms with Gasteiger partial charge >= 0.3 is 0 Å². The fourth-order valence-electron chi connectivity index (χ4n) is 3.03. The second kappa shape index (κ2) is 7.45. The van der Waals surface area contributed by atoms with Crippen LogP contribution in [0.2, 0.25) is 0 Å². The van der Waals surface area contributed by atoms with Crippen molar-refractivity contribution in [2.45, 2.75) is 19.9 Å². The van der Waals surface area contributed by atoms with Crippen LogP contribution in [-0.4, -0.2) is 37.2 Å². The number of carbonyl (C=O) groups excluding carboxylic acids is 1. The zero-order valence-electron chi connectivity index (χ0n) is 14.2. The molecule has 1 amide bonds. The SMILES string of the molecule is Cc1ccccc1C(C)NC(=O)c1cccnc1N1CCOCC1. The molecular formula is C19H23N3O2. The second-order valence-electron chi connectivity index (χ2n) is 6.03. The second-order valence-corrected chi connectivity index (χ2v) is 6.03. The minimum atomic E-state index is -0.0969. The van der Waals surface area contributed by atoms with E-state index in [1.807, 2.05) is 31.2 Å². The van der Waals surface area contributed by atoms with Gasteiger partial charge in [0.1, 0.15) is 5.82 Å². The van der Waals surface area contributed by atoms with E-state index >= 15 is 0 Å². The molecule has 1 aromatic carbocycles. The van der Waals surface area contributed by atoms with Crippen molar-refractivity contribution in [3.05, 3.63) is 59.3 Å². The first-order valence-corrected chi connectivity index (χ1v) is 8.31. The van der Waals surface area contributed by atoms with Crippen molar-refractivity contribution in [1.29, 1.82) is 0 Å². The Balaban J connectivity index is 1.79. The standard InChI is InChI=1S/C19H23N3O2/c1-14-6-3-4-7-16(14)15(2)21-19(23)17-8-5-9-20-18(17)22-10-12-24-13-11-22/h3-9,15H,10-13H2,1-2H3,(H,21,23). The summed E-state index contributed by atoms with van der Waals surface area (Å²) in [5.41, 5.74) is 2.91. The van der Waals surface area contributed by atoms with Crippen LogP contribution in [0.25, 0.3) is 0 Å². The van der Waals surface area contributed by atoms with E-state index in [4.69, 9.17) is 4.74 Å². The number of rotatable bonds is 4. The van der Waals surface area contributed by atoms with Crippen LogP contribution in [0.3, 0.4) is 0 Å². The minimum absolute atomic E-state index is 0.0588. The van der Waals surface area contributed by atoms with Crippen LogP contribution in [0, 0.1) is 6.92 Å². The van der Waals surface area contributed by atoms with Crippen molar-refractivity contribution < 1.29 is 9.53 Å². The number of nitrogens with one attached hydrogen (secondary N) is 1. The first-order valence-electron chi connectivity index (χ1n) is 8.31. The van der Waals surface area contributed by atoms with Gasteiger partial charge in [-0.2, -0.15) is 0 Å². The van der Waals surface area contributed by atoms with Gasteiger partial charge in [-0.05, 0) is 37.1 Å². The van der Waals surface area contributed by atoms with Gasteiger partial charge in [0.05, 0.1) is 24.8 Å². The maximum Gasteiger partial charge on any atom is 0.255 e. The van der Waals surface area contributed by atoms with E-state index in [1.54, 1.807) is 12.3 Å². The summed E-state index contributed by atoms with van der Waals surface area (Å²) in [5, 5.41) is 3.10. The normalized spacial score (nSPS) is 15.8. The Labute approximate surface area is 142 Å². The molecule has 24 heavy (non-hydrogen) atoms. The van der Waals surface area contributed by atoms with Gasteiger partial charge in [-0.1, -0.05) is 24.3 Å². The zero-order valence-corrected chi connectivity index (χ0v) is 14.2. The van der Waals surface area contributed by atoms with E-state index < -0.39 is 0 Å². The van der Waals surface area contributed by atoms with Crippen molar-refractivity contribution in [2.75, 3.05) is 31.2 Å². The lowest BCUT2D eigenvalue weighted by Gasteiger charge is -2.29. The molecule has 1 saturated heterocycles. The molecule has 1 aliphatic heterocycles. The number of benzene rings is 1. The average molecular weight is 325 g/mol. The number of pyridine rings is 1. The number of aryl methyl sites for hydroxylation is 1. The van der Waals surface area contributed by atoms with Gasteiger partial charge in [-0.25, -0.2) is 4.98 Å². The number of hydrogen-bond acceptors (Lipinski definition) is 4. The fraction of sp³-hybridized carbons (Fsp3) is 0.368. The van der Waals surface area contributed by atoms with Gasteiger partial charge < -0.3 is 15.0 Å². The third kappa shape index (κ3) is 3.57. The van der Waals surface area contributed by atoms with Crippen LogP contribution in [0.4, 0.5) is 5.82 Å². The topological polar surface area (TPSA) is 54.5 Å². The van der Waals surface area contributed by atoms with E-state index in [0.29, 0.717) is 18.8 Å². The van der Waals surface area contributed by atoms with Crippen LogP contribution in [0.5, 0.6) is 0 Å². The predicted molar refractivity (Wildman–Crippen MR) is 94.3 cm³/mol. The predicted octanol–water partition coefficient (Wildman–Crippen LogP) is 2.72. The molecule has 126 valence electrons. The largest absolute Gasteiger partial charge is 0.378 e. The molecule has 0 saturated carbocycles. The van der Waals surface area contributed by atoms with Gasteiger partial charge in [0.2, 0.25) is 0 Å². The lowest BCUT2D eigenvalue weighted by atomic mass is 10.0. The molecule has 1 unspecified atom stereocenters. The fourth-order valence-corrected chi connectivity index (χ4v) is 3.03. The molecule has 1 aromatic heterocycles. The molecule has 5 heteroatoms. The number of aromatic nitrogens is 1. The molecule has 1 N–H and O–H groups in total. The van der Waals surface area contributed by atoms with Gasteiger partial charge in [0.15, 0.2) is 0 Å². The number of nitrogens with zero attached hydrogens (tertiary/aromatic N) is 2. The van der Waals surface area contributed by atoms with E-state index in [9.17, 15) is 4.79 Å². The first-order chi connectivity index (χ1) is 11.7. The molecule has 0 radical (unpaired) electrons. The van der Waals surface area contributed by atoms with Crippen LogP contribution in [0.1, 0.15) is 34.5 Å². The third-order valence-electron chi connectivity index (χ3n) is 4.34. The number of anilines is 1. The lowest BCUT2D eigenvalue weighted by molar-refractivity contribution is 0.0938. The highest BCUT2D eigenvalue weighted by molar-refractivity contribution is 5.99. The average Bonchev–Trinajstić information content (AvgIpc) is 2.62. The molecule has 1 fully saturated rings. The van der Waals surface area contributed by atoms with E-state index in [0.717, 1.165) is 24.5 Å². The molecule has 0 spiro atoms. The quantitative estimate of drug-likeness (QED) is 0.939. The van der Waals surface area contributed by atoms with Gasteiger partial charge in [-0.3, -0.25) is 4.79 Å². The molecule has 1 aliphatic rings. The van der Waals surface area contributed by atoms with Gasteiger partial charge in [0, 0.05) is 19.3 Å². The maximum atomic E-state index is 12.8.